The SMILES string of the molecule is Cn1c2c(c3ccccc31)C(C(N)=O)NCC2. The number of carbonyl (C=O) groups is 1. The van der Waals surface area contributed by atoms with Crippen LogP contribution >= 0.6 is 0 Å². The normalized spacial score (nSPS) is 19.2. The third-order valence-electron chi connectivity index (χ3n) is 3.55. The van der Waals surface area contributed by atoms with Gasteiger partial charge in [-0.1, -0.05) is 18.2 Å². The zero-order chi connectivity index (χ0) is 12.0. The van der Waals surface area contributed by atoms with Crippen LogP contribution in [0.3, 0.4) is 0 Å². The molecular weight excluding hydrogens is 214 g/mol. The van der Waals surface area contributed by atoms with Crippen molar-refractivity contribution in [3.05, 3.63) is 35.5 Å². The van der Waals surface area contributed by atoms with E-state index in [9.17, 15) is 4.79 Å². The van der Waals surface area contributed by atoms with Crippen molar-refractivity contribution < 1.29 is 4.79 Å². The molecule has 4 nitrogen and oxygen atoms in total. The maximum atomic E-state index is 11.5. The molecule has 2 aromatic rings. The largest absolute Gasteiger partial charge is 0.368 e. The number of nitrogens with zero attached hydrogens (tertiary/aromatic N) is 1. The fraction of sp³-hybridized carbons (Fsp3) is 0.308. The lowest BCUT2D eigenvalue weighted by atomic mass is 9.97. The summed E-state index contributed by atoms with van der Waals surface area (Å²) >= 11 is 0. The van der Waals surface area contributed by atoms with Crippen LogP contribution in [0, 0.1) is 0 Å². The molecule has 1 atom stereocenters. The van der Waals surface area contributed by atoms with Gasteiger partial charge in [0.1, 0.15) is 6.04 Å². The molecule has 0 radical (unpaired) electrons. The van der Waals surface area contributed by atoms with Gasteiger partial charge in [-0.15, -0.1) is 0 Å². The van der Waals surface area contributed by atoms with Gasteiger partial charge < -0.3 is 15.6 Å². The molecule has 1 aromatic heterocycles. The quantitative estimate of drug-likeness (QED) is 0.761. The van der Waals surface area contributed by atoms with E-state index in [-0.39, 0.29) is 11.9 Å². The third-order valence-corrected chi connectivity index (χ3v) is 3.55. The Morgan fingerprint density at radius 3 is 3.00 bits per heavy atom. The van der Waals surface area contributed by atoms with Crippen LogP contribution in [0.25, 0.3) is 10.9 Å². The molecule has 0 saturated carbocycles. The minimum atomic E-state index is -0.357. The zero-order valence-electron chi connectivity index (χ0n) is 9.73. The van der Waals surface area contributed by atoms with Crippen molar-refractivity contribution in [2.75, 3.05) is 6.54 Å². The first kappa shape index (κ1) is 10.4. The summed E-state index contributed by atoms with van der Waals surface area (Å²) in [6.07, 6.45) is 0.935. The molecule has 0 saturated heterocycles. The molecule has 88 valence electrons. The Bertz CT molecular complexity index is 600. The Labute approximate surface area is 99.4 Å². The molecule has 0 bridgehead atoms. The molecule has 0 aliphatic carbocycles. The highest BCUT2D eigenvalue weighted by atomic mass is 16.1. The Balaban J connectivity index is 2.35. The summed E-state index contributed by atoms with van der Waals surface area (Å²) in [4.78, 5) is 11.5. The number of hydrogen-bond acceptors (Lipinski definition) is 2. The molecule has 0 spiro atoms. The molecule has 3 N–H and O–H groups in total. The average molecular weight is 229 g/mol. The van der Waals surface area contributed by atoms with E-state index in [1.54, 1.807) is 0 Å². The lowest BCUT2D eigenvalue weighted by molar-refractivity contribution is -0.120. The topological polar surface area (TPSA) is 60.0 Å². The summed E-state index contributed by atoms with van der Waals surface area (Å²) in [6, 6.07) is 7.78. The summed E-state index contributed by atoms with van der Waals surface area (Å²) in [5.74, 6) is -0.303. The maximum absolute atomic E-state index is 11.5. The van der Waals surface area contributed by atoms with Crippen LogP contribution in [0.4, 0.5) is 0 Å². The van der Waals surface area contributed by atoms with Gasteiger partial charge in [0, 0.05) is 42.2 Å². The van der Waals surface area contributed by atoms with E-state index in [1.165, 1.54) is 5.69 Å². The fourth-order valence-electron chi connectivity index (χ4n) is 2.78. The number of nitrogens with one attached hydrogen (secondary N) is 1. The molecule has 1 aliphatic heterocycles. The third kappa shape index (κ3) is 1.37. The number of carbonyl (C=O) groups excluding carboxylic acids is 1. The van der Waals surface area contributed by atoms with Gasteiger partial charge in [-0.05, 0) is 6.07 Å². The van der Waals surface area contributed by atoms with Crippen LogP contribution in [-0.2, 0) is 18.3 Å². The first-order chi connectivity index (χ1) is 8.20. The van der Waals surface area contributed by atoms with Crippen LogP contribution in [-0.4, -0.2) is 17.0 Å². The van der Waals surface area contributed by atoms with E-state index < -0.39 is 0 Å². The molecule has 1 amide bonds. The van der Waals surface area contributed by atoms with Crippen molar-refractivity contribution in [2.24, 2.45) is 12.8 Å². The molecule has 1 aromatic carbocycles. The number of hydrogen-bond donors (Lipinski definition) is 2. The van der Waals surface area contributed by atoms with Crippen molar-refractivity contribution in [3.63, 3.8) is 0 Å². The Kier molecular flexibility index (Phi) is 2.19. The maximum Gasteiger partial charge on any atom is 0.239 e. The molecule has 4 heteroatoms. The van der Waals surface area contributed by atoms with Gasteiger partial charge in [0.25, 0.3) is 0 Å². The first-order valence-electron chi connectivity index (χ1n) is 5.79. The summed E-state index contributed by atoms with van der Waals surface area (Å²) in [7, 11) is 2.05. The minimum absolute atomic E-state index is 0.303. The van der Waals surface area contributed by atoms with Crippen molar-refractivity contribution in [1.29, 1.82) is 0 Å². The zero-order valence-corrected chi connectivity index (χ0v) is 9.73. The predicted octanol–water partition coefficient (Wildman–Crippen LogP) is 0.850. The van der Waals surface area contributed by atoms with Gasteiger partial charge in [0.15, 0.2) is 0 Å². The number of primary amides is 1. The molecule has 17 heavy (non-hydrogen) atoms. The van der Waals surface area contributed by atoms with Gasteiger partial charge in [0.05, 0.1) is 0 Å². The van der Waals surface area contributed by atoms with E-state index in [0.29, 0.717) is 0 Å². The van der Waals surface area contributed by atoms with Crippen LogP contribution in [0.5, 0.6) is 0 Å². The van der Waals surface area contributed by atoms with E-state index in [4.69, 9.17) is 5.73 Å². The number of amides is 1. The van der Waals surface area contributed by atoms with Gasteiger partial charge >= 0.3 is 0 Å². The second-order valence-corrected chi connectivity index (χ2v) is 4.48. The van der Waals surface area contributed by atoms with Crippen molar-refractivity contribution in [3.8, 4) is 0 Å². The lowest BCUT2D eigenvalue weighted by Crippen LogP contribution is -2.38. The fourth-order valence-corrected chi connectivity index (χ4v) is 2.78. The standard InChI is InChI=1S/C13H15N3O/c1-16-9-5-3-2-4-8(9)11-10(16)6-7-15-12(11)13(14)17/h2-5,12,15H,6-7H2,1H3,(H2,14,17). The summed E-state index contributed by atoms with van der Waals surface area (Å²) in [6.45, 7) is 0.796. The van der Waals surface area contributed by atoms with Gasteiger partial charge in [-0.25, -0.2) is 0 Å². The van der Waals surface area contributed by atoms with E-state index in [1.807, 2.05) is 19.2 Å². The van der Waals surface area contributed by atoms with Gasteiger partial charge in [0.2, 0.25) is 5.91 Å². The summed E-state index contributed by atoms with van der Waals surface area (Å²) < 4.78 is 2.17. The number of para-hydroxylation sites is 1. The molecule has 3 rings (SSSR count). The lowest BCUT2D eigenvalue weighted by Gasteiger charge is -2.22. The number of aromatic nitrogens is 1. The van der Waals surface area contributed by atoms with Crippen LogP contribution < -0.4 is 11.1 Å². The average Bonchev–Trinajstić information content (AvgIpc) is 2.64. The minimum Gasteiger partial charge on any atom is -0.368 e. The van der Waals surface area contributed by atoms with Gasteiger partial charge in [-0.3, -0.25) is 4.79 Å². The number of aryl methyl sites for hydroxylation is 1. The van der Waals surface area contributed by atoms with Crippen LogP contribution in [0.15, 0.2) is 24.3 Å². The van der Waals surface area contributed by atoms with E-state index in [0.717, 1.165) is 29.4 Å². The highest BCUT2D eigenvalue weighted by Gasteiger charge is 2.29. The number of nitrogens with two attached hydrogens (primary N) is 1. The second-order valence-electron chi connectivity index (χ2n) is 4.48. The number of benzene rings is 1. The van der Waals surface area contributed by atoms with E-state index in [2.05, 4.69) is 22.0 Å². The summed E-state index contributed by atoms with van der Waals surface area (Å²) in [5.41, 5.74) is 8.90. The van der Waals surface area contributed by atoms with Crippen molar-refractivity contribution in [2.45, 2.75) is 12.5 Å². The van der Waals surface area contributed by atoms with Crippen LogP contribution in [0.2, 0.25) is 0 Å². The first-order valence-corrected chi connectivity index (χ1v) is 5.79. The number of rotatable bonds is 1. The predicted molar refractivity (Wildman–Crippen MR) is 66.6 cm³/mol. The smallest absolute Gasteiger partial charge is 0.239 e. The van der Waals surface area contributed by atoms with Crippen molar-refractivity contribution >= 4 is 16.8 Å². The van der Waals surface area contributed by atoms with Gasteiger partial charge in [-0.2, -0.15) is 0 Å². The van der Waals surface area contributed by atoms with Crippen LogP contribution in [0.1, 0.15) is 17.3 Å². The molecule has 2 heterocycles. The highest BCUT2D eigenvalue weighted by Crippen LogP contribution is 2.32. The Hall–Kier alpha value is -1.81. The van der Waals surface area contributed by atoms with Crippen molar-refractivity contribution in [1.82, 2.24) is 9.88 Å². The highest BCUT2D eigenvalue weighted by molar-refractivity contribution is 5.93. The monoisotopic (exact) mass is 229 g/mol. The Morgan fingerprint density at radius 1 is 1.47 bits per heavy atom. The Morgan fingerprint density at radius 2 is 2.24 bits per heavy atom. The molecule has 0 fully saturated rings. The van der Waals surface area contributed by atoms with E-state index >= 15 is 0 Å². The second kappa shape index (κ2) is 3.60. The molecule has 1 unspecified atom stereocenters. The molecule has 1 aliphatic rings. The summed E-state index contributed by atoms with van der Waals surface area (Å²) in [5, 5.41) is 4.32. The molecular formula is C13H15N3O. The number of fused-ring (bicyclic) bond motifs is 3.